The predicted octanol–water partition coefficient (Wildman–Crippen LogP) is 5.37. The molecule has 0 bridgehead atoms. The van der Waals surface area contributed by atoms with Gasteiger partial charge in [0.05, 0.1) is 5.75 Å². The third-order valence-corrected chi connectivity index (χ3v) is 6.36. The number of halogens is 2. The molecule has 1 aromatic carbocycles. The smallest absolute Gasteiger partial charge is 0.234 e. The summed E-state index contributed by atoms with van der Waals surface area (Å²) in [6.45, 7) is 0. The van der Waals surface area contributed by atoms with Crippen molar-refractivity contribution in [2.24, 2.45) is 13.0 Å². The Labute approximate surface area is 174 Å². The van der Waals surface area contributed by atoms with Gasteiger partial charge in [-0.25, -0.2) is 0 Å². The van der Waals surface area contributed by atoms with E-state index in [9.17, 15) is 4.79 Å². The quantitative estimate of drug-likeness (QED) is 0.604. The summed E-state index contributed by atoms with van der Waals surface area (Å²) in [6.07, 6.45) is 8.90. The van der Waals surface area contributed by atoms with E-state index in [4.69, 9.17) is 23.2 Å². The number of benzene rings is 1. The summed E-state index contributed by atoms with van der Waals surface area (Å²) >= 11 is 13.3. The van der Waals surface area contributed by atoms with Crippen LogP contribution in [0.4, 0.5) is 5.69 Å². The van der Waals surface area contributed by atoms with Crippen LogP contribution < -0.4 is 5.32 Å². The Hall–Kier alpha value is -1.24. The zero-order chi connectivity index (χ0) is 19.2. The summed E-state index contributed by atoms with van der Waals surface area (Å²) in [7, 11) is 1.97. The van der Waals surface area contributed by atoms with Gasteiger partial charge < -0.3 is 9.88 Å². The molecule has 0 radical (unpaired) electrons. The topological polar surface area (TPSA) is 59.8 Å². The van der Waals surface area contributed by atoms with Crippen molar-refractivity contribution in [2.75, 3.05) is 11.1 Å². The van der Waals surface area contributed by atoms with Gasteiger partial charge in [-0.05, 0) is 30.5 Å². The number of nitrogens with zero attached hydrogens (tertiary/aromatic N) is 3. The monoisotopic (exact) mass is 426 g/mol. The number of aryl methyl sites for hydroxylation is 1. The lowest BCUT2D eigenvalue weighted by atomic mass is 9.86. The molecule has 1 N–H and O–H groups in total. The number of nitrogens with one attached hydrogen (secondary N) is 1. The van der Waals surface area contributed by atoms with Crippen molar-refractivity contribution < 1.29 is 4.79 Å². The fourth-order valence-corrected chi connectivity index (χ4v) is 4.71. The lowest BCUT2D eigenvalue weighted by Gasteiger charge is -2.20. The maximum absolute atomic E-state index is 12.2. The fraction of sp³-hybridized carbons (Fsp3) is 0.526. The number of aromatic nitrogens is 3. The molecule has 1 aliphatic rings. The Morgan fingerprint density at radius 3 is 2.59 bits per heavy atom. The summed E-state index contributed by atoms with van der Waals surface area (Å²) < 4.78 is 2.00. The molecule has 5 nitrogen and oxygen atoms in total. The molecule has 0 unspecified atom stereocenters. The van der Waals surface area contributed by atoms with Gasteiger partial charge in [0.1, 0.15) is 5.82 Å². The molecular weight excluding hydrogens is 403 g/mol. The highest BCUT2D eigenvalue weighted by atomic mass is 35.5. The number of thioether (sulfide) groups is 1. The van der Waals surface area contributed by atoms with Crippen LogP contribution in [0.5, 0.6) is 0 Å². The molecule has 1 aromatic heterocycles. The SMILES string of the molecule is Cn1c(CCC2CCCCC2)nnc1SCC(=O)Nc1cc(Cl)cc(Cl)c1. The summed E-state index contributed by atoms with van der Waals surface area (Å²) in [5, 5.41) is 13.1. The molecule has 0 spiro atoms. The third-order valence-electron chi connectivity index (χ3n) is 4.90. The Morgan fingerprint density at radius 2 is 1.89 bits per heavy atom. The van der Waals surface area contributed by atoms with E-state index in [1.54, 1.807) is 18.2 Å². The highest BCUT2D eigenvalue weighted by Crippen LogP contribution is 2.28. The number of carbonyl (C=O) groups excluding carboxylic acids is 1. The second kappa shape index (κ2) is 9.80. The molecule has 0 atom stereocenters. The van der Waals surface area contributed by atoms with E-state index in [2.05, 4.69) is 15.5 Å². The zero-order valence-electron chi connectivity index (χ0n) is 15.4. The normalized spacial score (nSPS) is 15.1. The minimum Gasteiger partial charge on any atom is -0.325 e. The number of anilines is 1. The Bertz CT molecular complexity index is 770. The van der Waals surface area contributed by atoms with Gasteiger partial charge >= 0.3 is 0 Å². The number of carbonyl (C=O) groups is 1. The van der Waals surface area contributed by atoms with E-state index in [1.807, 2.05) is 11.6 Å². The van der Waals surface area contributed by atoms with Gasteiger partial charge in [0, 0.05) is 29.2 Å². The molecule has 1 aliphatic carbocycles. The molecule has 0 aliphatic heterocycles. The van der Waals surface area contributed by atoms with Crippen molar-refractivity contribution in [1.29, 1.82) is 0 Å². The van der Waals surface area contributed by atoms with Crippen LogP contribution in [0.1, 0.15) is 44.3 Å². The summed E-state index contributed by atoms with van der Waals surface area (Å²) in [5.41, 5.74) is 0.587. The van der Waals surface area contributed by atoms with E-state index in [0.29, 0.717) is 15.7 Å². The van der Waals surface area contributed by atoms with Crippen molar-refractivity contribution in [2.45, 2.75) is 50.1 Å². The van der Waals surface area contributed by atoms with Crippen molar-refractivity contribution >= 4 is 46.6 Å². The Kier molecular flexibility index (Phi) is 7.44. The van der Waals surface area contributed by atoms with E-state index in [0.717, 1.165) is 23.3 Å². The van der Waals surface area contributed by atoms with Crippen LogP contribution in [0.3, 0.4) is 0 Å². The van der Waals surface area contributed by atoms with Gasteiger partial charge in [0.25, 0.3) is 0 Å². The van der Waals surface area contributed by atoms with Crippen LogP contribution in [0.2, 0.25) is 10.0 Å². The number of rotatable bonds is 7. The first-order chi connectivity index (χ1) is 13.0. The average molecular weight is 427 g/mol. The van der Waals surface area contributed by atoms with Gasteiger partial charge in [-0.1, -0.05) is 67.1 Å². The fourth-order valence-electron chi connectivity index (χ4n) is 3.45. The van der Waals surface area contributed by atoms with E-state index >= 15 is 0 Å². The molecule has 1 fully saturated rings. The summed E-state index contributed by atoms with van der Waals surface area (Å²) in [4.78, 5) is 12.2. The number of amides is 1. The molecule has 3 rings (SSSR count). The van der Waals surface area contributed by atoms with Crippen LogP contribution >= 0.6 is 35.0 Å². The van der Waals surface area contributed by atoms with Gasteiger partial charge in [0.2, 0.25) is 5.91 Å². The molecule has 146 valence electrons. The third kappa shape index (κ3) is 6.13. The van der Waals surface area contributed by atoms with Crippen LogP contribution in [-0.2, 0) is 18.3 Å². The summed E-state index contributed by atoms with van der Waals surface area (Å²) in [6, 6.07) is 4.96. The van der Waals surface area contributed by atoms with Gasteiger partial charge in [-0.2, -0.15) is 0 Å². The van der Waals surface area contributed by atoms with Crippen molar-refractivity contribution in [3.63, 3.8) is 0 Å². The number of hydrogen-bond acceptors (Lipinski definition) is 4. The average Bonchev–Trinajstić information content (AvgIpc) is 2.98. The molecule has 1 amide bonds. The minimum absolute atomic E-state index is 0.134. The van der Waals surface area contributed by atoms with Crippen LogP contribution in [-0.4, -0.2) is 26.4 Å². The highest BCUT2D eigenvalue weighted by molar-refractivity contribution is 7.99. The van der Waals surface area contributed by atoms with E-state index < -0.39 is 0 Å². The van der Waals surface area contributed by atoms with Gasteiger partial charge in [-0.15, -0.1) is 10.2 Å². The van der Waals surface area contributed by atoms with Crippen molar-refractivity contribution in [1.82, 2.24) is 14.8 Å². The molecule has 1 saturated carbocycles. The minimum atomic E-state index is -0.134. The predicted molar refractivity (Wildman–Crippen MR) is 112 cm³/mol. The molecule has 1 heterocycles. The van der Waals surface area contributed by atoms with E-state index in [1.165, 1.54) is 50.3 Å². The molecular formula is C19H24Cl2N4OS. The number of hydrogen-bond donors (Lipinski definition) is 1. The lowest BCUT2D eigenvalue weighted by molar-refractivity contribution is -0.113. The Balaban J connectivity index is 1.49. The van der Waals surface area contributed by atoms with Gasteiger partial charge in [0.15, 0.2) is 5.16 Å². The van der Waals surface area contributed by atoms with E-state index in [-0.39, 0.29) is 11.7 Å². The lowest BCUT2D eigenvalue weighted by Crippen LogP contribution is -2.14. The second-order valence-corrected chi connectivity index (χ2v) is 8.81. The van der Waals surface area contributed by atoms with Crippen molar-refractivity contribution in [3.8, 4) is 0 Å². The van der Waals surface area contributed by atoms with Crippen LogP contribution in [0.15, 0.2) is 23.4 Å². The van der Waals surface area contributed by atoms with Gasteiger partial charge in [-0.3, -0.25) is 4.79 Å². The summed E-state index contributed by atoms with van der Waals surface area (Å²) in [5.74, 6) is 1.93. The van der Waals surface area contributed by atoms with Crippen LogP contribution in [0, 0.1) is 5.92 Å². The first kappa shape index (κ1) is 20.5. The second-order valence-electron chi connectivity index (χ2n) is 7.00. The maximum Gasteiger partial charge on any atom is 0.234 e. The van der Waals surface area contributed by atoms with Crippen molar-refractivity contribution in [3.05, 3.63) is 34.1 Å². The standard InChI is InChI=1S/C19H24Cl2N4OS/c1-25-17(8-7-13-5-3-2-4-6-13)23-24-19(25)27-12-18(26)22-16-10-14(20)9-15(21)11-16/h9-11,13H,2-8,12H2,1H3,(H,22,26). The molecule has 27 heavy (non-hydrogen) atoms. The maximum atomic E-state index is 12.2. The zero-order valence-corrected chi connectivity index (χ0v) is 17.7. The largest absolute Gasteiger partial charge is 0.325 e. The Morgan fingerprint density at radius 1 is 1.19 bits per heavy atom. The highest BCUT2D eigenvalue weighted by Gasteiger charge is 2.16. The first-order valence-electron chi connectivity index (χ1n) is 9.28. The molecule has 0 saturated heterocycles. The first-order valence-corrected chi connectivity index (χ1v) is 11.0. The molecule has 8 heteroatoms. The van der Waals surface area contributed by atoms with Crippen LogP contribution in [0.25, 0.3) is 0 Å². The molecule has 2 aromatic rings.